The van der Waals surface area contributed by atoms with Gasteiger partial charge in [0.2, 0.25) is 0 Å². The van der Waals surface area contributed by atoms with Crippen molar-refractivity contribution < 1.29 is 4.74 Å². The van der Waals surface area contributed by atoms with E-state index in [1.165, 1.54) is 6.42 Å². The van der Waals surface area contributed by atoms with Gasteiger partial charge in [0, 0.05) is 13.0 Å². The molecule has 1 aliphatic heterocycles. The van der Waals surface area contributed by atoms with Gasteiger partial charge in [0.05, 0.1) is 0 Å². The summed E-state index contributed by atoms with van der Waals surface area (Å²) >= 11 is 1.72. The summed E-state index contributed by atoms with van der Waals surface area (Å²) in [5.41, 5.74) is 0. The third kappa shape index (κ3) is 4.01. The van der Waals surface area contributed by atoms with E-state index in [-0.39, 0.29) is 6.10 Å². The first-order valence-corrected chi connectivity index (χ1v) is 7.36. The van der Waals surface area contributed by atoms with Gasteiger partial charge in [-0.3, -0.25) is 0 Å². The molecule has 0 radical (unpaired) electrons. The van der Waals surface area contributed by atoms with Gasteiger partial charge < -0.3 is 10.1 Å². The molecule has 2 rings (SSSR count). The van der Waals surface area contributed by atoms with Crippen LogP contribution in [0.25, 0.3) is 0 Å². The first kappa shape index (κ1) is 12.9. The molecule has 1 fully saturated rings. The summed E-state index contributed by atoms with van der Waals surface area (Å²) < 4.78 is 5.61. The predicted octanol–water partition coefficient (Wildman–Crippen LogP) is 2.32. The van der Waals surface area contributed by atoms with Crippen molar-refractivity contribution in [2.24, 2.45) is 0 Å². The fourth-order valence-corrected chi connectivity index (χ4v) is 2.90. The lowest BCUT2D eigenvalue weighted by molar-refractivity contribution is 0.111. The van der Waals surface area contributed by atoms with Crippen molar-refractivity contribution in [2.75, 3.05) is 19.7 Å². The lowest BCUT2D eigenvalue weighted by Gasteiger charge is -2.02. The van der Waals surface area contributed by atoms with E-state index in [4.69, 9.17) is 4.74 Å². The minimum absolute atomic E-state index is 0.222. The van der Waals surface area contributed by atoms with E-state index < -0.39 is 0 Å². The molecule has 1 atom stereocenters. The highest BCUT2D eigenvalue weighted by Gasteiger charge is 2.21. The van der Waals surface area contributed by atoms with Crippen LogP contribution in [0.4, 0.5) is 0 Å². The predicted molar refractivity (Wildman–Crippen MR) is 69.3 cm³/mol. The van der Waals surface area contributed by atoms with Gasteiger partial charge in [-0.1, -0.05) is 18.3 Å². The number of hydrogen-bond acceptors (Lipinski definition) is 5. The highest BCUT2D eigenvalue weighted by atomic mass is 32.1. The molecule has 0 bridgehead atoms. The zero-order valence-electron chi connectivity index (χ0n) is 10.4. The standard InChI is InChI=1S/C12H21N3OS/c1-2-7-13-8-3-6-11-14-15-12(17-11)10-5-4-9-16-10/h10,13H,2-9H2,1H3. The van der Waals surface area contributed by atoms with Gasteiger partial charge in [-0.05, 0) is 38.8 Å². The van der Waals surface area contributed by atoms with Gasteiger partial charge in [-0.15, -0.1) is 10.2 Å². The average molecular weight is 255 g/mol. The molecule has 17 heavy (non-hydrogen) atoms. The minimum Gasteiger partial charge on any atom is -0.371 e. The monoisotopic (exact) mass is 255 g/mol. The fourth-order valence-electron chi connectivity index (χ4n) is 1.94. The second-order valence-electron chi connectivity index (χ2n) is 4.39. The third-order valence-corrected chi connectivity index (χ3v) is 3.93. The molecule has 4 nitrogen and oxygen atoms in total. The second kappa shape index (κ2) is 7.03. The molecule has 2 heterocycles. The largest absolute Gasteiger partial charge is 0.371 e. The van der Waals surface area contributed by atoms with Crippen molar-refractivity contribution in [2.45, 2.75) is 45.1 Å². The Morgan fingerprint density at radius 1 is 1.41 bits per heavy atom. The van der Waals surface area contributed by atoms with Crippen LogP contribution in [0.5, 0.6) is 0 Å². The Morgan fingerprint density at radius 2 is 2.35 bits per heavy atom. The third-order valence-electron chi connectivity index (χ3n) is 2.86. The van der Waals surface area contributed by atoms with Crippen LogP contribution in [0, 0.1) is 0 Å². The lowest BCUT2D eigenvalue weighted by atomic mass is 10.2. The number of ether oxygens (including phenoxy) is 1. The summed E-state index contributed by atoms with van der Waals surface area (Å²) in [5.74, 6) is 0. The SMILES string of the molecule is CCCNCCCc1nnc(C2CCCO2)s1. The first-order chi connectivity index (χ1) is 8.40. The smallest absolute Gasteiger partial charge is 0.146 e. The van der Waals surface area contributed by atoms with E-state index in [9.17, 15) is 0 Å². The normalized spacial score (nSPS) is 19.9. The quantitative estimate of drug-likeness (QED) is 0.760. The molecular formula is C12H21N3OS. The van der Waals surface area contributed by atoms with Crippen molar-refractivity contribution in [1.29, 1.82) is 0 Å². The van der Waals surface area contributed by atoms with Crippen LogP contribution in [-0.2, 0) is 11.2 Å². The molecule has 1 saturated heterocycles. The van der Waals surface area contributed by atoms with Crippen LogP contribution in [0.15, 0.2) is 0 Å². The van der Waals surface area contributed by atoms with Crippen molar-refractivity contribution >= 4 is 11.3 Å². The van der Waals surface area contributed by atoms with E-state index in [0.717, 1.165) is 55.4 Å². The molecule has 1 N–H and O–H groups in total. The highest BCUT2D eigenvalue weighted by molar-refractivity contribution is 7.11. The molecule has 0 aromatic carbocycles. The molecule has 96 valence electrons. The van der Waals surface area contributed by atoms with Crippen molar-refractivity contribution in [3.05, 3.63) is 10.0 Å². The molecule has 5 heteroatoms. The van der Waals surface area contributed by atoms with E-state index in [2.05, 4.69) is 22.4 Å². The van der Waals surface area contributed by atoms with Crippen LogP contribution in [0.2, 0.25) is 0 Å². The summed E-state index contributed by atoms with van der Waals surface area (Å²) in [7, 11) is 0. The summed E-state index contributed by atoms with van der Waals surface area (Å²) in [6.07, 6.45) is 5.84. The van der Waals surface area contributed by atoms with Gasteiger partial charge in [-0.25, -0.2) is 0 Å². The number of hydrogen-bond donors (Lipinski definition) is 1. The highest BCUT2D eigenvalue weighted by Crippen LogP contribution is 2.30. The van der Waals surface area contributed by atoms with Crippen molar-refractivity contribution in [3.63, 3.8) is 0 Å². The zero-order valence-corrected chi connectivity index (χ0v) is 11.3. The molecule has 1 aromatic heterocycles. The van der Waals surface area contributed by atoms with Crippen LogP contribution < -0.4 is 5.32 Å². The number of aromatic nitrogens is 2. The number of nitrogens with zero attached hydrogens (tertiary/aromatic N) is 2. The Labute approximate surface area is 107 Å². The molecule has 0 aliphatic carbocycles. The average Bonchev–Trinajstić information content (AvgIpc) is 2.99. The number of nitrogens with one attached hydrogen (secondary N) is 1. The van der Waals surface area contributed by atoms with Gasteiger partial charge in [0.25, 0.3) is 0 Å². The second-order valence-corrected chi connectivity index (χ2v) is 5.48. The summed E-state index contributed by atoms with van der Waals surface area (Å²) in [4.78, 5) is 0. The molecule has 1 unspecified atom stereocenters. The molecule has 1 aromatic rings. The Morgan fingerprint density at radius 3 is 3.12 bits per heavy atom. The lowest BCUT2D eigenvalue weighted by Crippen LogP contribution is -2.16. The fraction of sp³-hybridized carbons (Fsp3) is 0.833. The molecule has 0 amide bonds. The van der Waals surface area contributed by atoms with Crippen LogP contribution >= 0.6 is 11.3 Å². The van der Waals surface area contributed by atoms with Crippen LogP contribution in [0.1, 0.15) is 48.7 Å². The van der Waals surface area contributed by atoms with Gasteiger partial charge in [0.15, 0.2) is 0 Å². The molecule has 0 saturated carbocycles. The summed E-state index contributed by atoms with van der Waals surface area (Å²) in [6, 6.07) is 0. The minimum atomic E-state index is 0.222. The van der Waals surface area contributed by atoms with E-state index in [1.807, 2.05) is 0 Å². The van der Waals surface area contributed by atoms with E-state index in [0.29, 0.717) is 0 Å². The Kier molecular flexibility index (Phi) is 5.35. The Hall–Kier alpha value is -0.520. The van der Waals surface area contributed by atoms with Gasteiger partial charge in [-0.2, -0.15) is 0 Å². The summed E-state index contributed by atoms with van der Waals surface area (Å²) in [6.45, 7) is 5.24. The van der Waals surface area contributed by atoms with Gasteiger partial charge >= 0.3 is 0 Å². The number of rotatable bonds is 7. The Balaban J connectivity index is 1.70. The maximum absolute atomic E-state index is 5.61. The van der Waals surface area contributed by atoms with Crippen LogP contribution in [0.3, 0.4) is 0 Å². The zero-order chi connectivity index (χ0) is 11.9. The number of aryl methyl sites for hydroxylation is 1. The van der Waals surface area contributed by atoms with E-state index in [1.54, 1.807) is 11.3 Å². The molecule has 1 aliphatic rings. The maximum Gasteiger partial charge on any atom is 0.146 e. The topological polar surface area (TPSA) is 47.0 Å². The van der Waals surface area contributed by atoms with Crippen molar-refractivity contribution in [3.8, 4) is 0 Å². The Bertz CT molecular complexity index is 323. The molecular weight excluding hydrogens is 234 g/mol. The van der Waals surface area contributed by atoms with E-state index >= 15 is 0 Å². The van der Waals surface area contributed by atoms with Gasteiger partial charge in [0.1, 0.15) is 16.1 Å². The maximum atomic E-state index is 5.61. The van der Waals surface area contributed by atoms with Crippen molar-refractivity contribution in [1.82, 2.24) is 15.5 Å². The first-order valence-electron chi connectivity index (χ1n) is 6.54. The molecule has 0 spiro atoms. The summed E-state index contributed by atoms with van der Waals surface area (Å²) in [5, 5.41) is 14.1. The van der Waals surface area contributed by atoms with Crippen LogP contribution in [-0.4, -0.2) is 29.9 Å².